The van der Waals surface area contributed by atoms with Crippen molar-refractivity contribution in [3.63, 3.8) is 0 Å². The molecule has 6 nitrogen and oxygen atoms in total. The molecule has 1 aromatic rings. The number of rotatable bonds is 3. The first-order valence-electron chi connectivity index (χ1n) is 6.06. The maximum atomic E-state index is 12.0. The molecule has 1 saturated heterocycles. The van der Waals surface area contributed by atoms with Crippen molar-refractivity contribution in [2.24, 2.45) is 5.73 Å². The van der Waals surface area contributed by atoms with E-state index < -0.39 is 0 Å². The third kappa shape index (κ3) is 2.53. The molecule has 1 aromatic heterocycles. The molecule has 0 saturated carbocycles. The second-order valence-corrected chi connectivity index (χ2v) is 4.55. The molecule has 2 rings (SSSR count). The molecule has 0 unspecified atom stereocenters. The summed E-state index contributed by atoms with van der Waals surface area (Å²) < 4.78 is 5.09. The van der Waals surface area contributed by atoms with E-state index in [1.54, 1.807) is 17.0 Å². The van der Waals surface area contributed by atoms with Gasteiger partial charge in [-0.15, -0.1) is 0 Å². The zero-order valence-corrected chi connectivity index (χ0v) is 10.4. The van der Waals surface area contributed by atoms with Gasteiger partial charge in [-0.3, -0.25) is 9.59 Å². The lowest BCUT2D eigenvalue weighted by Gasteiger charge is -2.33. The molecular formula is C12H18N3O3+. The van der Waals surface area contributed by atoms with E-state index in [9.17, 15) is 9.59 Å². The Kier molecular flexibility index (Phi) is 3.66. The summed E-state index contributed by atoms with van der Waals surface area (Å²) in [7, 11) is 0. The van der Waals surface area contributed by atoms with Crippen LogP contribution in [0, 0.1) is 0 Å². The van der Waals surface area contributed by atoms with E-state index in [0.717, 1.165) is 18.0 Å². The van der Waals surface area contributed by atoms with Crippen LogP contribution in [0.25, 0.3) is 0 Å². The molecule has 6 heteroatoms. The second kappa shape index (κ2) is 5.22. The maximum absolute atomic E-state index is 12.0. The highest BCUT2D eigenvalue weighted by Gasteiger charge is 2.30. The number of piperazine rings is 1. The molecule has 18 heavy (non-hydrogen) atoms. The molecule has 2 amide bonds. The number of hydrogen-bond donors (Lipinski definition) is 2. The van der Waals surface area contributed by atoms with E-state index in [4.69, 9.17) is 10.2 Å². The Labute approximate surface area is 105 Å². The highest BCUT2D eigenvalue weighted by atomic mass is 16.3. The summed E-state index contributed by atoms with van der Waals surface area (Å²) in [5.41, 5.74) is 5.28. The van der Waals surface area contributed by atoms with Gasteiger partial charge in [0.25, 0.3) is 11.8 Å². The van der Waals surface area contributed by atoms with Crippen molar-refractivity contribution in [2.45, 2.75) is 13.0 Å². The molecule has 0 radical (unpaired) electrons. The fraction of sp³-hybridized carbons (Fsp3) is 0.500. The Bertz CT molecular complexity index is 422. The van der Waals surface area contributed by atoms with Crippen molar-refractivity contribution in [3.05, 3.63) is 24.2 Å². The molecule has 0 bridgehead atoms. The van der Waals surface area contributed by atoms with Crippen LogP contribution in [0.3, 0.4) is 0 Å². The van der Waals surface area contributed by atoms with Crippen molar-refractivity contribution >= 4 is 11.8 Å². The highest BCUT2D eigenvalue weighted by Crippen LogP contribution is 2.05. The van der Waals surface area contributed by atoms with Gasteiger partial charge in [0.05, 0.1) is 32.4 Å². The number of quaternary nitrogens is 1. The van der Waals surface area contributed by atoms with Gasteiger partial charge in [0, 0.05) is 0 Å². The smallest absolute Gasteiger partial charge is 0.289 e. The van der Waals surface area contributed by atoms with Crippen molar-refractivity contribution in [3.8, 4) is 0 Å². The number of carbonyl (C=O) groups excluding carboxylic acids is 2. The van der Waals surface area contributed by atoms with Crippen LogP contribution < -0.4 is 10.6 Å². The highest BCUT2D eigenvalue weighted by molar-refractivity contribution is 5.91. The minimum absolute atomic E-state index is 0.0919. The SMILES string of the molecule is C[C@@H](C(N)=O)[NH+]1CCN(C(=O)c2ccco2)CC1. The Morgan fingerprint density at radius 3 is 2.61 bits per heavy atom. The molecule has 2 heterocycles. The lowest BCUT2D eigenvalue weighted by molar-refractivity contribution is -0.917. The first kappa shape index (κ1) is 12.6. The van der Waals surface area contributed by atoms with Crippen molar-refractivity contribution in [1.82, 2.24) is 4.90 Å². The van der Waals surface area contributed by atoms with Crippen LogP contribution in [0.2, 0.25) is 0 Å². The van der Waals surface area contributed by atoms with E-state index in [0.29, 0.717) is 18.8 Å². The minimum atomic E-state index is -0.296. The van der Waals surface area contributed by atoms with Gasteiger partial charge in [-0.25, -0.2) is 0 Å². The number of furan rings is 1. The van der Waals surface area contributed by atoms with E-state index in [-0.39, 0.29) is 17.9 Å². The van der Waals surface area contributed by atoms with Crippen LogP contribution in [0.15, 0.2) is 22.8 Å². The quantitative estimate of drug-likeness (QED) is 0.686. The fourth-order valence-corrected chi connectivity index (χ4v) is 2.19. The number of nitrogens with one attached hydrogen (secondary N) is 1. The van der Waals surface area contributed by atoms with Gasteiger partial charge >= 0.3 is 0 Å². The predicted molar refractivity (Wildman–Crippen MR) is 64.0 cm³/mol. The summed E-state index contributed by atoms with van der Waals surface area (Å²) in [6.07, 6.45) is 1.49. The molecule has 3 N–H and O–H groups in total. The molecule has 1 aliphatic rings. The fourth-order valence-electron chi connectivity index (χ4n) is 2.19. The third-order valence-electron chi connectivity index (χ3n) is 3.46. The lowest BCUT2D eigenvalue weighted by Crippen LogP contribution is -3.19. The molecule has 0 aromatic carbocycles. The molecule has 98 valence electrons. The van der Waals surface area contributed by atoms with Gasteiger partial charge in [0.2, 0.25) is 0 Å². The maximum Gasteiger partial charge on any atom is 0.289 e. The second-order valence-electron chi connectivity index (χ2n) is 4.55. The van der Waals surface area contributed by atoms with Crippen molar-refractivity contribution in [2.75, 3.05) is 26.2 Å². The Morgan fingerprint density at radius 1 is 1.44 bits per heavy atom. The normalized spacial score (nSPS) is 18.6. The average Bonchev–Trinajstić information content (AvgIpc) is 2.91. The van der Waals surface area contributed by atoms with Gasteiger partial charge in [0.1, 0.15) is 0 Å². The van der Waals surface area contributed by atoms with E-state index in [1.165, 1.54) is 6.26 Å². The summed E-state index contributed by atoms with van der Waals surface area (Å²) in [6, 6.07) is 3.16. The number of hydrogen-bond acceptors (Lipinski definition) is 3. The lowest BCUT2D eigenvalue weighted by atomic mass is 10.2. The van der Waals surface area contributed by atoms with Crippen LogP contribution >= 0.6 is 0 Å². The summed E-state index contributed by atoms with van der Waals surface area (Å²) in [4.78, 5) is 26.0. The van der Waals surface area contributed by atoms with Gasteiger partial charge in [-0.05, 0) is 19.1 Å². The summed E-state index contributed by atoms with van der Waals surface area (Å²) in [5, 5.41) is 0. The average molecular weight is 252 g/mol. The Balaban J connectivity index is 1.91. The van der Waals surface area contributed by atoms with Gasteiger partial charge in [-0.1, -0.05) is 0 Å². The van der Waals surface area contributed by atoms with Gasteiger partial charge < -0.3 is 20.0 Å². The topological polar surface area (TPSA) is 81.0 Å². The molecule has 1 aliphatic heterocycles. The predicted octanol–water partition coefficient (Wildman–Crippen LogP) is -1.51. The number of carbonyl (C=O) groups is 2. The molecule has 0 aliphatic carbocycles. The number of nitrogens with two attached hydrogens (primary N) is 1. The number of amides is 2. The monoisotopic (exact) mass is 252 g/mol. The molecular weight excluding hydrogens is 234 g/mol. The van der Waals surface area contributed by atoms with Crippen LogP contribution in [-0.2, 0) is 4.79 Å². The first-order valence-corrected chi connectivity index (χ1v) is 6.06. The molecule has 0 spiro atoms. The third-order valence-corrected chi connectivity index (χ3v) is 3.46. The summed E-state index contributed by atoms with van der Waals surface area (Å²) >= 11 is 0. The number of primary amides is 1. The molecule has 1 atom stereocenters. The first-order chi connectivity index (χ1) is 8.59. The molecule has 1 fully saturated rings. The van der Waals surface area contributed by atoms with E-state index in [1.807, 2.05) is 6.92 Å². The van der Waals surface area contributed by atoms with Gasteiger partial charge in [0.15, 0.2) is 11.8 Å². The summed E-state index contributed by atoms with van der Waals surface area (Å²) in [6.45, 7) is 4.52. The van der Waals surface area contributed by atoms with Crippen LogP contribution in [0.5, 0.6) is 0 Å². The zero-order chi connectivity index (χ0) is 13.1. The zero-order valence-electron chi connectivity index (χ0n) is 10.4. The van der Waals surface area contributed by atoms with Crippen LogP contribution in [0.4, 0.5) is 0 Å². The standard InChI is InChI=1S/C12H17N3O3/c1-9(11(13)16)14-4-6-15(7-5-14)12(17)10-3-2-8-18-10/h2-3,8-9H,4-7H2,1H3,(H2,13,16)/p+1/t9-/m0/s1. The number of nitrogens with zero attached hydrogens (tertiary/aromatic N) is 1. The van der Waals surface area contributed by atoms with Crippen molar-refractivity contribution < 1.29 is 18.9 Å². The van der Waals surface area contributed by atoms with E-state index in [2.05, 4.69) is 0 Å². The Hall–Kier alpha value is -1.82. The largest absolute Gasteiger partial charge is 0.459 e. The summed E-state index contributed by atoms with van der Waals surface area (Å²) in [5.74, 6) is -0.0250. The van der Waals surface area contributed by atoms with Crippen molar-refractivity contribution in [1.29, 1.82) is 0 Å². The van der Waals surface area contributed by atoms with Crippen LogP contribution in [0.1, 0.15) is 17.5 Å². The minimum Gasteiger partial charge on any atom is -0.459 e. The Morgan fingerprint density at radius 2 is 2.11 bits per heavy atom. The van der Waals surface area contributed by atoms with E-state index >= 15 is 0 Å². The van der Waals surface area contributed by atoms with Gasteiger partial charge in [-0.2, -0.15) is 0 Å². The van der Waals surface area contributed by atoms with Crippen LogP contribution in [-0.4, -0.2) is 48.9 Å².